The lowest BCUT2D eigenvalue weighted by atomic mass is 9.93. The maximum Gasteiger partial charge on any atom is 0.104 e. The number of hydrogen-bond acceptors (Lipinski definition) is 5. The van der Waals surface area contributed by atoms with Crippen LogP contribution in [0.4, 0.5) is 0 Å². The fourth-order valence-electron chi connectivity index (χ4n) is 3.64. The Kier molecular flexibility index (Phi) is 5.42. The largest absolute Gasteiger partial charge is 0.472 e. The SMILES string of the molecule is CC(C)N(C)CC1COC2(COCCN(Cc3ccoc3)C2)C1. The Morgan fingerprint density at radius 1 is 1.43 bits per heavy atom. The van der Waals surface area contributed by atoms with Gasteiger partial charge in [-0.15, -0.1) is 0 Å². The van der Waals surface area contributed by atoms with Crippen molar-refractivity contribution in [3.05, 3.63) is 24.2 Å². The van der Waals surface area contributed by atoms with Gasteiger partial charge in [0.1, 0.15) is 5.60 Å². The number of furan rings is 1. The minimum atomic E-state index is -0.136. The number of rotatable bonds is 5. The number of nitrogens with zero attached hydrogens (tertiary/aromatic N) is 2. The van der Waals surface area contributed by atoms with Crippen LogP contribution in [0.25, 0.3) is 0 Å². The molecule has 1 spiro atoms. The summed E-state index contributed by atoms with van der Waals surface area (Å²) < 4.78 is 17.4. The third-order valence-electron chi connectivity index (χ3n) is 5.13. The van der Waals surface area contributed by atoms with E-state index in [2.05, 4.69) is 30.7 Å². The molecule has 3 rings (SSSR count). The van der Waals surface area contributed by atoms with E-state index in [1.807, 2.05) is 12.3 Å². The Balaban J connectivity index is 1.59. The van der Waals surface area contributed by atoms with Crippen LogP contribution in [0.15, 0.2) is 23.0 Å². The molecule has 0 aromatic carbocycles. The summed E-state index contributed by atoms with van der Waals surface area (Å²) in [6, 6.07) is 2.61. The molecule has 2 atom stereocenters. The normalized spacial score (nSPS) is 29.7. The van der Waals surface area contributed by atoms with Gasteiger partial charge < -0.3 is 18.8 Å². The molecule has 2 fully saturated rings. The molecule has 2 saturated heterocycles. The molecule has 0 amide bonds. The third-order valence-corrected chi connectivity index (χ3v) is 5.13. The van der Waals surface area contributed by atoms with Crippen molar-refractivity contribution >= 4 is 0 Å². The first kappa shape index (κ1) is 17.0. The van der Waals surface area contributed by atoms with Gasteiger partial charge >= 0.3 is 0 Å². The van der Waals surface area contributed by atoms with E-state index in [9.17, 15) is 0 Å². The quantitative estimate of drug-likeness (QED) is 0.831. The van der Waals surface area contributed by atoms with E-state index in [0.717, 1.165) is 52.4 Å². The standard InChI is InChI=1S/C18H30N2O3/c1-15(2)19(3)9-17-8-18(23-12-17)13-20(5-7-22-14-18)10-16-4-6-21-11-16/h4,6,11,15,17H,5,7-10,12-14H2,1-3H3. The van der Waals surface area contributed by atoms with Crippen LogP contribution in [0.1, 0.15) is 25.8 Å². The second kappa shape index (κ2) is 7.34. The Labute approximate surface area is 139 Å². The molecule has 0 radical (unpaired) electrons. The van der Waals surface area contributed by atoms with Crippen molar-refractivity contribution in [2.45, 2.75) is 38.5 Å². The Morgan fingerprint density at radius 2 is 2.30 bits per heavy atom. The van der Waals surface area contributed by atoms with Gasteiger partial charge in [0.15, 0.2) is 0 Å². The first-order valence-corrected chi connectivity index (χ1v) is 8.72. The van der Waals surface area contributed by atoms with E-state index in [-0.39, 0.29) is 5.60 Å². The molecular formula is C18H30N2O3. The summed E-state index contributed by atoms with van der Waals surface area (Å²) >= 11 is 0. The van der Waals surface area contributed by atoms with Crippen LogP contribution in [0.2, 0.25) is 0 Å². The molecule has 2 unspecified atom stereocenters. The van der Waals surface area contributed by atoms with Crippen LogP contribution < -0.4 is 0 Å². The van der Waals surface area contributed by atoms with Crippen LogP contribution >= 0.6 is 0 Å². The lowest BCUT2D eigenvalue weighted by molar-refractivity contribution is -0.0563. The summed E-state index contributed by atoms with van der Waals surface area (Å²) in [5, 5.41) is 0. The molecule has 2 aliphatic rings. The van der Waals surface area contributed by atoms with Gasteiger partial charge in [-0.25, -0.2) is 0 Å². The van der Waals surface area contributed by atoms with Crippen LogP contribution in [0.3, 0.4) is 0 Å². The molecule has 2 aliphatic heterocycles. The van der Waals surface area contributed by atoms with Crippen LogP contribution in [0.5, 0.6) is 0 Å². The molecule has 0 saturated carbocycles. The first-order chi connectivity index (χ1) is 11.1. The number of hydrogen-bond donors (Lipinski definition) is 0. The molecule has 3 heterocycles. The maximum atomic E-state index is 6.29. The summed E-state index contributed by atoms with van der Waals surface area (Å²) in [7, 11) is 2.20. The summed E-state index contributed by atoms with van der Waals surface area (Å²) in [5.41, 5.74) is 1.08. The van der Waals surface area contributed by atoms with Crippen molar-refractivity contribution in [3.63, 3.8) is 0 Å². The number of ether oxygens (including phenoxy) is 2. The van der Waals surface area contributed by atoms with Crippen molar-refractivity contribution in [3.8, 4) is 0 Å². The molecule has 1 aromatic heterocycles. The molecule has 0 bridgehead atoms. The second-order valence-corrected chi connectivity index (χ2v) is 7.49. The van der Waals surface area contributed by atoms with E-state index >= 15 is 0 Å². The molecule has 5 heteroatoms. The van der Waals surface area contributed by atoms with E-state index in [4.69, 9.17) is 13.9 Å². The van der Waals surface area contributed by atoms with Crippen molar-refractivity contribution in [1.82, 2.24) is 9.80 Å². The van der Waals surface area contributed by atoms with Gasteiger partial charge in [-0.05, 0) is 39.3 Å². The summed E-state index contributed by atoms with van der Waals surface area (Å²) in [6.45, 7) is 10.7. The highest BCUT2D eigenvalue weighted by Gasteiger charge is 2.43. The molecule has 130 valence electrons. The Morgan fingerprint density at radius 3 is 3.04 bits per heavy atom. The van der Waals surface area contributed by atoms with Gasteiger partial charge in [-0.3, -0.25) is 4.90 Å². The highest BCUT2D eigenvalue weighted by atomic mass is 16.5. The summed E-state index contributed by atoms with van der Waals surface area (Å²) in [6.07, 6.45) is 4.66. The molecule has 0 N–H and O–H groups in total. The molecular weight excluding hydrogens is 292 g/mol. The van der Waals surface area contributed by atoms with E-state index in [0.29, 0.717) is 12.0 Å². The lowest BCUT2D eigenvalue weighted by Crippen LogP contribution is -2.44. The van der Waals surface area contributed by atoms with Gasteiger partial charge in [0.05, 0.1) is 32.3 Å². The maximum absolute atomic E-state index is 6.29. The van der Waals surface area contributed by atoms with Gasteiger partial charge in [0.25, 0.3) is 0 Å². The fraction of sp³-hybridized carbons (Fsp3) is 0.778. The predicted molar refractivity (Wildman–Crippen MR) is 89.4 cm³/mol. The van der Waals surface area contributed by atoms with Gasteiger partial charge in [-0.1, -0.05) is 0 Å². The van der Waals surface area contributed by atoms with E-state index in [1.54, 1.807) is 6.26 Å². The summed E-state index contributed by atoms with van der Waals surface area (Å²) in [4.78, 5) is 4.85. The van der Waals surface area contributed by atoms with Gasteiger partial charge in [-0.2, -0.15) is 0 Å². The highest BCUT2D eigenvalue weighted by molar-refractivity contribution is 5.06. The average Bonchev–Trinajstić information content (AvgIpc) is 3.09. The molecule has 5 nitrogen and oxygen atoms in total. The zero-order chi connectivity index (χ0) is 16.3. The van der Waals surface area contributed by atoms with Crippen molar-refractivity contribution < 1.29 is 13.9 Å². The fourth-order valence-corrected chi connectivity index (χ4v) is 3.64. The minimum absolute atomic E-state index is 0.136. The monoisotopic (exact) mass is 322 g/mol. The van der Waals surface area contributed by atoms with Crippen molar-refractivity contribution in [1.29, 1.82) is 0 Å². The molecule has 1 aromatic rings. The zero-order valence-electron chi connectivity index (χ0n) is 14.7. The average molecular weight is 322 g/mol. The van der Waals surface area contributed by atoms with Gasteiger partial charge in [0, 0.05) is 37.8 Å². The second-order valence-electron chi connectivity index (χ2n) is 7.49. The first-order valence-electron chi connectivity index (χ1n) is 8.72. The van der Waals surface area contributed by atoms with Crippen molar-refractivity contribution in [2.75, 3.05) is 46.5 Å². The van der Waals surface area contributed by atoms with Crippen LogP contribution in [0, 0.1) is 5.92 Å². The van der Waals surface area contributed by atoms with Crippen molar-refractivity contribution in [2.24, 2.45) is 5.92 Å². The topological polar surface area (TPSA) is 38.1 Å². The Hall–Kier alpha value is -0.880. The minimum Gasteiger partial charge on any atom is -0.472 e. The predicted octanol–water partition coefficient (Wildman–Crippen LogP) is 2.23. The summed E-state index contributed by atoms with van der Waals surface area (Å²) in [5.74, 6) is 0.597. The smallest absolute Gasteiger partial charge is 0.104 e. The zero-order valence-corrected chi connectivity index (χ0v) is 14.7. The highest BCUT2D eigenvalue weighted by Crippen LogP contribution is 2.33. The van der Waals surface area contributed by atoms with E-state index < -0.39 is 0 Å². The third kappa shape index (κ3) is 4.35. The Bertz CT molecular complexity index is 477. The lowest BCUT2D eigenvalue weighted by Gasteiger charge is -2.31. The van der Waals surface area contributed by atoms with Crippen LogP contribution in [-0.2, 0) is 16.0 Å². The van der Waals surface area contributed by atoms with Gasteiger partial charge in [0.2, 0.25) is 0 Å². The molecule has 23 heavy (non-hydrogen) atoms. The van der Waals surface area contributed by atoms with E-state index in [1.165, 1.54) is 5.56 Å². The molecule has 0 aliphatic carbocycles. The van der Waals surface area contributed by atoms with Crippen LogP contribution in [-0.4, -0.2) is 67.9 Å².